The molecule has 1 aliphatic heterocycles. The van der Waals surface area contributed by atoms with E-state index >= 15 is 0 Å². The normalized spacial score (nSPS) is 16.9. The Morgan fingerprint density at radius 2 is 2.15 bits per heavy atom. The molecule has 2 heterocycles. The molecule has 2 N–H and O–H groups in total. The average molecular weight is 356 g/mol. The summed E-state index contributed by atoms with van der Waals surface area (Å²) in [5.74, 6) is 0.719. The molecule has 138 valence electrons. The quantitative estimate of drug-likeness (QED) is 0.776. The number of carbonyl (C=O) groups is 2. The number of amides is 2. The van der Waals surface area contributed by atoms with Crippen LogP contribution < -0.4 is 0 Å². The molecule has 1 unspecified atom stereocenters. The fourth-order valence-corrected chi connectivity index (χ4v) is 3.31. The molecule has 1 fully saturated rings. The van der Waals surface area contributed by atoms with Gasteiger partial charge in [-0.1, -0.05) is 30.3 Å². The van der Waals surface area contributed by atoms with Gasteiger partial charge in [0.25, 0.3) is 0 Å². The largest absolute Gasteiger partial charge is 0.395 e. The van der Waals surface area contributed by atoms with Crippen LogP contribution in [0, 0.1) is 6.92 Å². The van der Waals surface area contributed by atoms with Crippen LogP contribution in [0.4, 0.5) is 0 Å². The zero-order valence-corrected chi connectivity index (χ0v) is 14.9. The molecule has 2 aromatic rings. The highest BCUT2D eigenvalue weighted by atomic mass is 16.3. The highest BCUT2D eigenvalue weighted by molar-refractivity contribution is 5.86. The Labute approximate surface area is 152 Å². The third-order valence-corrected chi connectivity index (χ3v) is 4.65. The first-order valence-corrected chi connectivity index (χ1v) is 8.78. The van der Waals surface area contributed by atoms with E-state index in [2.05, 4.69) is 9.97 Å². The van der Waals surface area contributed by atoms with Gasteiger partial charge in [0.2, 0.25) is 11.8 Å². The number of nitrogens with one attached hydrogen (secondary N) is 1. The van der Waals surface area contributed by atoms with Crippen LogP contribution in [0.15, 0.2) is 36.5 Å². The number of H-pyrrole nitrogens is 1. The van der Waals surface area contributed by atoms with Crippen LogP contribution >= 0.6 is 0 Å². The molecule has 7 nitrogen and oxygen atoms in total. The summed E-state index contributed by atoms with van der Waals surface area (Å²) in [6.45, 7) is 2.86. The summed E-state index contributed by atoms with van der Waals surface area (Å²) in [5, 5.41) is 9.27. The van der Waals surface area contributed by atoms with Gasteiger partial charge in [0, 0.05) is 25.4 Å². The number of imidazole rings is 1. The van der Waals surface area contributed by atoms with Gasteiger partial charge in [0.15, 0.2) is 0 Å². The molecule has 0 saturated carbocycles. The first-order chi connectivity index (χ1) is 12.6. The minimum absolute atomic E-state index is 0.00598. The molecule has 1 saturated heterocycles. The predicted octanol–water partition coefficient (Wildman–Crippen LogP) is 1.06. The molecule has 0 aliphatic carbocycles. The van der Waals surface area contributed by atoms with E-state index < -0.39 is 0 Å². The Morgan fingerprint density at radius 1 is 1.38 bits per heavy atom. The van der Waals surface area contributed by atoms with E-state index in [0.29, 0.717) is 19.5 Å². The third kappa shape index (κ3) is 4.29. The summed E-state index contributed by atoms with van der Waals surface area (Å²) in [5.41, 5.74) is 1.93. The van der Waals surface area contributed by atoms with Crippen LogP contribution in [0.2, 0.25) is 0 Å². The summed E-state index contributed by atoms with van der Waals surface area (Å²) in [4.78, 5) is 35.4. The number of rotatable bonds is 7. The van der Waals surface area contributed by atoms with Gasteiger partial charge in [0.05, 0.1) is 31.6 Å². The van der Waals surface area contributed by atoms with E-state index in [4.69, 9.17) is 0 Å². The van der Waals surface area contributed by atoms with Gasteiger partial charge < -0.3 is 19.9 Å². The van der Waals surface area contributed by atoms with Crippen LogP contribution in [0.5, 0.6) is 0 Å². The molecule has 0 radical (unpaired) electrons. The monoisotopic (exact) mass is 356 g/mol. The van der Waals surface area contributed by atoms with Crippen molar-refractivity contribution in [2.45, 2.75) is 25.8 Å². The smallest absolute Gasteiger partial charge is 0.242 e. The molecule has 26 heavy (non-hydrogen) atoms. The third-order valence-electron chi connectivity index (χ3n) is 4.65. The molecule has 1 aromatic carbocycles. The summed E-state index contributed by atoms with van der Waals surface area (Å²) in [6, 6.07) is 9.90. The number of aryl methyl sites for hydroxylation is 1. The number of aliphatic hydroxyl groups excluding tert-OH is 1. The zero-order chi connectivity index (χ0) is 18.5. The van der Waals surface area contributed by atoms with E-state index in [1.807, 2.05) is 37.3 Å². The van der Waals surface area contributed by atoms with Crippen molar-refractivity contribution in [3.8, 4) is 0 Å². The van der Waals surface area contributed by atoms with Crippen molar-refractivity contribution in [1.82, 2.24) is 19.8 Å². The lowest BCUT2D eigenvalue weighted by Crippen LogP contribution is -2.42. The second-order valence-corrected chi connectivity index (χ2v) is 6.62. The van der Waals surface area contributed by atoms with Crippen LogP contribution in [0.1, 0.15) is 29.4 Å². The van der Waals surface area contributed by atoms with Crippen molar-refractivity contribution in [2.75, 3.05) is 26.2 Å². The van der Waals surface area contributed by atoms with Gasteiger partial charge in [-0.05, 0) is 12.5 Å². The number of likely N-dealkylation sites (tertiary alicyclic amines) is 1. The predicted molar refractivity (Wildman–Crippen MR) is 96.2 cm³/mol. The molecule has 3 rings (SSSR count). The second kappa shape index (κ2) is 8.14. The summed E-state index contributed by atoms with van der Waals surface area (Å²) >= 11 is 0. The molecule has 0 spiro atoms. The molecule has 7 heteroatoms. The highest BCUT2D eigenvalue weighted by Gasteiger charge is 2.32. The van der Waals surface area contributed by atoms with E-state index in [-0.39, 0.29) is 37.4 Å². The number of hydrogen-bond donors (Lipinski definition) is 2. The summed E-state index contributed by atoms with van der Waals surface area (Å²) < 4.78 is 0. The fraction of sp³-hybridized carbons (Fsp3) is 0.421. The summed E-state index contributed by atoms with van der Waals surface area (Å²) in [7, 11) is 0. The van der Waals surface area contributed by atoms with Crippen LogP contribution in [0.25, 0.3) is 0 Å². The number of hydrogen-bond acceptors (Lipinski definition) is 4. The Bertz CT molecular complexity index is 759. The number of nitrogens with zero attached hydrogens (tertiary/aromatic N) is 3. The molecule has 1 aromatic heterocycles. The lowest BCUT2D eigenvalue weighted by Gasteiger charge is -2.24. The number of aromatic amines is 1. The molecule has 2 amide bonds. The van der Waals surface area contributed by atoms with E-state index in [1.54, 1.807) is 16.0 Å². The molecular weight excluding hydrogens is 332 g/mol. The van der Waals surface area contributed by atoms with Crippen molar-refractivity contribution in [3.05, 3.63) is 53.6 Å². The maximum Gasteiger partial charge on any atom is 0.242 e. The second-order valence-electron chi connectivity index (χ2n) is 6.62. The van der Waals surface area contributed by atoms with Crippen molar-refractivity contribution in [1.29, 1.82) is 0 Å². The summed E-state index contributed by atoms with van der Waals surface area (Å²) in [6.07, 6.45) is 2.11. The van der Waals surface area contributed by atoms with Gasteiger partial charge >= 0.3 is 0 Å². The standard InChI is InChI=1S/C19H24N4O3/c1-14-20-10-17(21-14)12-22(7-8-24)19(26)13-23-11-16(9-18(23)25)15-5-3-2-4-6-15/h2-6,10,16,24H,7-9,11-13H2,1H3,(H,20,21). The average Bonchev–Trinajstić information content (AvgIpc) is 3.21. The number of carbonyl (C=O) groups excluding carboxylic acids is 2. The molecular formula is C19H24N4O3. The van der Waals surface area contributed by atoms with Crippen molar-refractivity contribution in [3.63, 3.8) is 0 Å². The van der Waals surface area contributed by atoms with Gasteiger partial charge in [-0.25, -0.2) is 4.98 Å². The lowest BCUT2D eigenvalue weighted by molar-refractivity contribution is -0.139. The Kier molecular flexibility index (Phi) is 5.68. The van der Waals surface area contributed by atoms with E-state index in [1.165, 1.54) is 0 Å². The van der Waals surface area contributed by atoms with Crippen molar-refractivity contribution in [2.24, 2.45) is 0 Å². The van der Waals surface area contributed by atoms with Crippen LogP contribution in [-0.2, 0) is 16.1 Å². The first kappa shape index (κ1) is 18.1. The van der Waals surface area contributed by atoms with Crippen LogP contribution in [0.3, 0.4) is 0 Å². The maximum atomic E-state index is 12.7. The van der Waals surface area contributed by atoms with Crippen molar-refractivity contribution >= 4 is 11.8 Å². The number of benzene rings is 1. The molecule has 1 atom stereocenters. The highest BCUT2D eigenvalue weighted by Crippen LogP contribution is 2.27. The number of aromatic nitrogens is 2. The minimum Gasteiger partial charge on any atom is -0.395 e. The Morgan fingerprint density at radius 3 is 2.81 bits per heavy atom. The first-order valence-electron chi connectivity index (χ1n) is 8.78. The SMILES string of the molecule is Cc1ncc(CN(CCO)C(=O)CN2CC(c3ccccc3)CC2=O)[nH]1. The van der Waals surface area contributed by atoms with Gasteiger partial charge in [-0.15, -0.1) is 0 Å². The number of aliphatic hydroxyl groups is 1. The van der Waals surface area contributed by atoms with Gasteiger partial charge in [-0.3, -0.25) is 9.59 Å². The molecule has 0 bridgehead atoms. The van der Waals surface area contributed by atoms with Gasteiger partial charge in [0.1, 0.15) is 5.82 Å². The van der Waals surface area contributed by atoms with Gasteiger partial charge in [-0.2, -0.15) is 0 Å². The van der Waals surface area contributed by atoms with Crippen LogP contribution in [-0.4, -0.2) is 62.9 Å². The Balaban J connectivity index is 1.62. The maximum absolute atomic E-state index is 12.7. The van der Waals surface area contributed by atoms with Crippen molar-refractivity contribution < 1.29 is 14.7 Å². The fourth-order valence-electron chi connectivity index (χ4n) is 3.31. The zero-order valence-electron chi connectivity index (χ0n) is 14.9. The van der Waals surface area contributed by atoms with E-state index in [0.717, 1.165) is 17.1 Å². The lowest BCUT2D eigenvalue weighted by atomic mass is 9.99. The topological polar surface area (TPSA) is 89.5 Å². The molecule has 1 aliphatic rings. The Hall–Kier alpha value is -2.67. The minimum atomic E-state index is -0.173. The van der Waals surface area contributed by atoms with E-state index in [9.17, 15) is 14.7 Å².